The average Bonchev–Trinajstić information content (AvgIpc) is 2.93. The Morgan fingerprint density at radius 3 is 2.28 bits per heavy atom. The van der Waals surface area contributed by atoms with Crippen molar-refractivity contribution < 1.29 is 23.1 Å². The standard InChI is InChI=1S/C16H12N2.C2HF3O2/c17-11-6-8-12-10(9-11)5-7-14-13-3-1-2-4-15(13)18-16(12)14;3-2(4,5)1(6)7/h1-9,18H,17H2;(H,6,7). The summed E-state index contributed by atoms with van der Waals surface area (Å²) in [6.45, 7) is 0. The fourth-order valence-electron chi connectivity index (χ4n) is 2.67. The first kappa shape index (κ1) is 16.6. The van der Waals surface area contributed by atoms with E-state index in [1.807, 2.05) is 12.1 Å². The SMILES string of the molecule is Nc1ccc2c(ccc3c4ccccc4[nH]c23)c1.O=C(O)C(F)(F)F. The van der Waals surface area contributed by atoms with Crippen LogP contribution < -0.4 is 5.73 Å². The Morgan fingerprint density at radius 2 is 1.60 bits per heavy atom. The Balaban J connectivity index is 0.000000225. The maximum absolute atomic E-state index is 10.6. The predicted molar refractivity (Wildman–Crippen MR) is 91.4 cm³/mol. The van der Waals surface area contributed by atoms with E-state index in [-0.39, 0.29) is 0 Å². The van der Waals surface area contributed by atoms with Crippen molar-refractivity contribution in [2.75, 3.05) is 5.73 Å². The molecular formula is C18H13F3N2O2. The minimum atomic E-state index is -5.08. The Labute approximate surface area is 139 Å². The highest BCUT2D eigenvalue weighted by molar-refractivity contribution is 6.17. The maximum Gasteiger partial charge on any atom is 0.490 e. The van der Waals surface area contributed by atoms with Gasteiger partial charge in [0.2, 0.25) is 0 Å². The number of H-pyrrole nitrogens is 1. The summed E-state index contributed by atoms with van der Waals surface area (Å²) in [4.78, 5) is 12.4. The summed E-state index contributed by atoms with van der Waals surface area (Å²) in [5, 5.41) is 12.1. The van der Waals surface area contributed by atoms with Crippen molar-refractivity contribution in [2.24, 2.45) is 0 Å². The van der Waals surface area contributed by atoms with Gasteiger partial charge in [0, 0.05) is 27.4 Å². The molecular weight excluding hydrogens is 333 g/mol. The summed E-state index contributed by atoms with van der Waals surface area (Å²) in [7, 11) is 0. The molecule has 25 heavy (non-hydrogen) atoms. The number of carbonyl (C=O) groups is 1. The van der Waals surface area contributed by atoms with Crippen molar-refractivity contribution in [1.82, 2.24) is 4.98 Å². The van der Waals surface area contributed by atoms with Gasteiger partial charge < -0.3 is 15.8 Å². The molecule has 0 fully saturated rings. The van der Waals surface area contributed by atoms with Gasteiger partial charge in [-0.05, 0) is 23.6 Å². The van der Waals surface area contributed by atoms with Crippen molar-refractivity contribution in [3.8, 4) is 0 Å². The molecule has 1 aromatic heterocycles. The number of nitrogens with two attached hydrogens (primary N) is 1. The first-order valence-electron chi connectivity index (χ1n) is 7.26. The Hall–Kier alpha value is -3.22. The topological polar surface area (TPSA) is 79.1 Å². The molecule has 4 nitrogen and oxygen atoms in total. The van der Waals surface area contributed by atoms with Crippen LogP contribution in [0.4, 0.5) is 18.9 Å². The van der Waals surface area contributed by atoms with Gasteiger partial charge in [-0.25, -0.2) is 4.79 Å². The van der Waals surface area contributed by atoms with Crippen molar-refractivity contribution >= 4 is 44.2 Å². The first-order valence-corrected chi connectivity index (χ1v) is 7.26. The number of rotatable bonds is 0. The minimum absolute atomic E-state index is 0.804. The zero-order chi connectivity index (χ0) is 18.2. The van der Waals surface area contributed by atoms with Crippen LogP contribution in [-0.2, 0) is 4.79 Å². The van der Waals surface area contributed by atoms with E-state index in [1.54, 1.807) is 0 Å². The zero-order valence-electron chi connectivity index (χ0n) is 12.8. The number of para-hydroxylation sites is 1. The molecule has 0 bridgehead atoms. The summed E-state index contributed by atoms with van der Waals surface area (Å²) < 4.78 is 31.7. The lowest BCUT2D eigenvalue weighted by Crippen LogP contribution is -2.21. The highest BCUT2D eigenvalue weighted by atomic mass is 19.4. The molecule has 4 aromatic rings. The van der Waals surface area contributed by atoms with Crippen LogP contribution in [-0.4, -0.2) is 22.2 Å². The molecule has 0 spiro atoms. The first-order chi connectivity index (χ1) is 11.8. The molecule has 0 amide bonds. The summed E-state index contributed by atoms with van der Waals surface area (Å²) in [6.07, 6.45) is -5.08. The van der Waals surface area contributed by atoms with E-state index in [2.05, 4.69) is 47.4 Å². The van der Waals surface area contributed by atoms with Crippen molar-refractivity contribution in [3.63, 3.8) is 0 Å². The lowest BCUT2D eigenvalue weighted by atomic mass is 10.1. The second-order valence-corrected chi connectivity index (χ2v) is 5.44. The number of alkyl halides is 3. The Kier molecular flexibility index (Phi) is 4.00. The highest BCUT2D eigenvalue weighted by Crippen LogP contribution is 2.31. The van der Waals surface area contributed by atoms with E-state index >= 15 is 0 Å². The lowest BCUT2D eigenvalue weighted by Gasteiger charge is -2.01. The molecule has 0 aliphatic carbocycles. The third-order valence-electron chi connectivity index (χ3n) is 3.76. The number of nitrogens with one attached hydrogen (secondary N) is 1. The van der Waals surface area contributed by atoms with Crippen LogP contribution in [0, 0.1) is 0 Å². The molecule has 4 N–H and O–H groups in total. The van der Waals surface area contributed by atoms with Crippen LogP contribution in [0.3, 0.4) is 0 Å². The Morgan fingerprint density at radius 1 is 0.960 bits per heavy atom. The van der Waals surface area contributed by atoms with Crippen LogP contribution >= 0.6 is 0 Å². The van der Waals surface area contributed by atoms with Crippen LogP contribution in [0.2, 0.25) is 0 Å². The molecule has 0 aliphatic heterocycles. The molecule has 0 unspecified atom stereocenters. The van der Waals surface area contributed by atoms with Gasteiger partial charge in [0.15, 0.2) is 0 Å². The van der Waals surface area contributed by atoms with E-state index < -0.39 is 12.1 Å². The monoisotopic (exact) mass is 346 g/mol. The van der Waals surface area contributed by atoms with Crippen LogP contribution in [0.15, 0.2) is 54.6 Å². The van der Waals surface area contributed by atoms with E-state index in [9.17, 15) is 13.2 Å². The van der Waals surface area contributed by atoms with Gasteiger partial charge in [-0.15, -0.1) is 0 Å². The number of nitrogen functional groups attached to an aromatic ring is 1. The molecule has 7 heteroatoms. The van der Waals surface area contributed by atoms with Crippen molar-refractivity contribution in [1.29, 1.82) is 0 Å². The number of halogens is 3. The van der Waals surface area contributed by atoms with E-state index in [4.69, 9.17) is 15.6 Å². The third-order valence-corrected chi connectivity index (χ3v) is 3.76. The Bertz CT molecular complexity index is 1080. The fraction of sp³-hybridized carbons (Fsp3) is 0.0556. The van der Waals surface area contributed by atoms with E-state index in [1.165, 1.54) is 32.6 Å². The largest absolute Gasteiger partial charge is 0.490 e. The van der Waals surface area contributed by atoms with Crippen LogP contribution in [0.5, 0.6) is 0 Å². The molecule has 128 valence electrons. The molecule has 0 aliphatic rings. The number of benzene rings is 3. The second kappa shape index (κ2) is 6.01. The number of hydrogen-bond donors (Lipinski definition) is 3. The molecule has 0 saturated heterocycles. The van der Waals surface area contributed by atoms with E-state index in [0.29, 0.717) is 0 Å². The molecule has 0 radical (unpaired) electrons. The summed E-state index contributed by atoms with van der Waals surface area (Å²) in [6, 6.07) is 18.7. The highest BCUT2D eigenvalue weighted by Gasteiger charge is 2.38. The molecule has 1 heterocycles. The molecule has 3 aromatic carbocycles. The normalized spacial score (nSPS) is 11.5. The minimum Gasteiger partial charge on any atom is -0.475 e. The van der Waals surface area contributed by atoms with Crippen LogP contribution in [0.25, 0.3) is 32.6 Å². The fourth-order valence-corrected chi connectivity index (χ4v) is 2.67. The smallest absolute Gasteiger partial charge is 0.475 e. The van der Waals surface area contributed by atoms with Gasteiger partial charge >= 0.3 is 12.1 Å². The average molecular weight is 346 g/mol. The number of hydrogen-bond acceptors (Lipinski definition) is 2. The van der Waals surface area contributed by atoms with E-state index in [0.717, 1.165) is 5.69 Å². The third kappa shape index (κ3) is 3.21. The lowest BCUT2D eigenvalue weighted by molar-refractivity contribution is -0.192. The zero-order valence-corrected chi connectivity index (χ0v) is 12.8. The quantitative estimate of drug-likeness (QED) is 0.404. The number of carboxylic acids is 1. The van der Waals surface area contributed by atoms with Gasteiger partial charge in [0.1, 0.15) is 0 Å². The van der Waals surface area contributed by atoms with Gasteiger partial charge in [-0.1, -0.05) is 36.4 Å². The maximum atomic E-state index is 10.6. The van der Waals surface area contributed by atoms with Crippen LogP contribution in [0.1, 0.15) is 0 Å². The number of aromatic amines is 1. The van der Waals surface area contributed by atoms with Gasteiger partial charge in [-0.2, -0.15) is 13.2 Å². The van der Waals surface area contributed by atoms with Gasteiger partial charge in [-0.3, -0.25) is 0 Å². The number of anilines is 1. The van der Waals surface area contributed by atoms with Gasteiger partial charge in [0.25, 0.3) is 0 Å². The number of fused-ring (bicyclic) bond motifs is 5. The summed E-state index contributed by atoms with van der Waals surface area (Å²) in [5.41, 5.74) is 9.00. The number of aromatic nitrogens is 1. The summed E-state index contributed by atoms with van der Waals surface area (Å²) in [5.74, 6) is -2.76. The molecule has 0 saturated carbocycles. The molecule has 4 rings (SSSR count). The van der Waals surface area contributed by atoms with Gasteiger partial charge in [0.05, 0.1) is 5.52 Å². The predicted octanol–water partition coefficient (Wildman–Crippen LogP) is 4.69. The number of carboxylic acid groups (broad SMARTS) is 1. The summed E-state index contributed by atoms with van der Waals surface area (Å²) >= 11 is 0. The van der Waals surface area contributed by atoms with Crippen molar-refractivity contribution in [3.05, 3.63) is 54.6 Å². The molecule has 0 atom stereocenters. The number of aliphatic carboxylic acids is 1. The van der Waals surface area contributed by atoms with Crippen molar-refractivity contribution in [2.45, 2.75) is 6.18 Å². The second-order valence-electron chi connectivity index (χ2n) is 5.44.